The maximum absolute atomic E-state index is 8.53. The molecule has 0 saturated heterocycles. The van der Waals surface area contributed by atoms with Gasteiger partial charge in [-0.15, -0.1) is 0 Å². The van der Waals surface area contributed by atoms with Gasteiger partial charge in [0.1, 0.15) is 0 Å². The summed E-state index contributed by atoms with van der Waals surface area (Å²) < 4.78 is 34.1. The third kappa shape index (κ3) is 259. The topological polar surface area (TPSA) is 80.3 Å². The monoisotopic (exact) mass is 258 g/mol. The van der Waals surface area contributed by atoms with Crippen molar-refractivity contribution in [2.75, 3.05) is 0 Å². The van der Waals surface area contributed by atoms with Crippen LogP contribution in [0.15, 0.2) is 0 Å². The van der Waals surface area contributed by atoms with E-state index >= 15 is 0 Å². The zero-order chi connectivity index (χ0) is 5.41. The SMILES string of the molecule is F.[Mg+2].[O]=[GeH][O-].[O]=[GeH][O-]. The van der Waals surface area contributed by atoms with Gasteiger partial charge in [-0.05, 0) is 0 Å². The summed E-state index contributed by atoms with van der Waals surface area (Å²) in [5.74, 6) is 0. The molecule has 0 rings (SSSR count). The van der Waals surface area contributed by atoms with E-state index in [0.29, 0.717) is 0 Å². The molecule has 8 heavy (non-hydrogen) atoms. The van der Waals surface area contributed by atoms with Gasteiger partial charge in [0, 0.05) is 0 Å². The fraction of sp³-hybridized carbons (Fsp3) is 0. The van der Waals surface area contributed by atoms with Crippen LogP contribution in [0.2, 0.25) is 0 Å². The predicted molar refractivity (Wildman–Crippen MR) is 23.9 cm³/mol. The quantitative estimate of drug-likeness (QED) is 0.412. The molecule has 0 atom stereocenters. The van der Waals surface area contributed by atoms with Crippen molar-refractivity contribution in [3.05, 3.63) is 0 Å². The van der Waals surface area contributed by atoms with E-state index in [1.807, 2.05) is 0 Å². The summed E-state index contributed by atoms with van der Waals surface area (Å²) in [6, 6.07) is 0. The molecule has 0 aliphatic heterocycles. The zero-order valence-corrected chi connectivity index (χ0v) is 10.2. The fourth-order valence-electron chi connectivity index (χ4n) is 0. The summed E-state index contributed by atoms with van der Waals surface area (Å²) >= 11 is -4.38. The Kier molecular flexibility index (Phi) is 126. The molecular weight excluding hydrogens is 253 g/mol. The van der Waals surface area contributed by atoms with Gasteiger partial charge in [0.25, 0.3) is 0 Å². The number of rotatable bonds is 0. The minimum atomic E-state index is -2.19. The Hall–Kier alpha value is 0.982. The molecule has 0 heterocycles. The van der Waals surface area contributed by atoms with Crippen molar-refractivity contribution < 1.29 is 20.5 Å². The van der Waals surface area contributed by atoms with Crippen LogP contribution in [0.5, 0.6) is 0 Å². The molecule has 0 saturated carbocycles. The average Bonchev–Trinajstić information content (AvgIpc) is 1.39. The summed E-state index contributed by atoms with van der Waals surface area (Å²) in [5.41, 5.74) is 0. The number of halogens is 1. The second kappa shape index (κ2) is 43.8. The van der Waals surface area contributed by atoms with Gasteiger partial charge in [0.05, 0.1) is 0 Å². The first-order valence-corrected chi connectivity index (χ1v) is 4.90. The number of hydrogen-bond donors (Lipinski definition) is 0. The van der Waals surface area contributed by atoms with Gasteiger partial charge >= 0.3 is 70.3 Å². The average molecular weight is 256 g/mol. The van der Waals surface area contributed by atoms with Gasteiger partial charge in [-0.25, -0.2) is 0 Å². The van der Waals surface area contributed by atoms with Crippen LogP contribution in [0.1, 0.15) is 0 Å². The van der Waals surface area contributed by atoms with Crippen LogP contribution >= 0.6 is 0 Å². The van der Waals surface area contributed by atoms with Gasteiger partial charge in [-0.2, -0.15) is 0 Å². The molecular formula is H3FGe2MgO4. The van der Waals surface area contributed by atoms with Crippen LogP contribution < -0.4 is 8.27 Å². The third-order valence-electron chi connectivity index (χ3n) is 0. The van der Waals surface area contributed by atoms with Crippen LogP contribution in [0.3, 0.4) is 0 Å². The summed E-state index contributed by atoms with van der Waals surface area (Å²) in [5, 5.41) is 0. The van der Waals surface area contributed by atoms with Crippen LogP contribution in [0.4, 0.5) is 4.70 Å². The Bertz CT molecular complexity index is 35.0. The van der Waals surface area contributed by atoms with E-state index in [1.165, 1.54) is 0 Å². The molecule has 0 aromatic carbocycles. The van der Waals surface area contributed by atoms with Crippen LogP contribution in [0, 0.1) is 0 Å². The Balaban J connectivity index is -0.0000000160. The van der Waals surface area contributed by atoms with Gasteiger partial charge in [-0.3, -0.25) is 4.70 Å². The molecule has 0 radical (unpaired) electrons. The Morgan fingerprint density at radius 2 is 1.00 bits per heavy atom. The zero-order valence-electron chi connectivity index (χ0n) is 3.90. The van der Waals surface area contributed by atoms with Crippen LogP contribution in [-0.4, -0.2) is 54.5 Å². The standard InChI is InChI=1S/FH.2GeHO2.Mg/c;2*2-1-3;/h1H;2*1H;/q;2*-1;+2. The Morgan fingerprint density at radius 1 is 1.00 bits per heavy atom. The van der Waals surface area contributed by atoms with E-state index in [2.05, 4.69) is 0 Å². The van der Waals surface area contributed by atoms with Crippen molar-refractivity contribution in [1.82, 2.24) is 0 Å². The van der Waals surface area contributed by atoms with Crippen molar-refractivity contribution >= 4 is 54.5 Å². The van der Waals surface area contributed by atoms with E-state index in [4.69, 9.17) is 15.8 Å². The molecule has 0 fully saturated rings. The molecule has 8 heteroatoms. The second-order valence-electron chi connectivity index (χ2n) is 0.192. The third-order valence-corrected chi connectivity index (χ3v) is 0. The van der Waals surface area contributed by atoms with Crippen molar-refractivity contribution in [2.45, 2.75) is 0 Å². The first kappa shape index (κ1) is 23.1. The molecule has 0 spiro atoms. The van der Waals surface area contributed by atoms with Crippen molar-refractivity contribution in [1.29, 1.82) is 0 Å². The van der Waals surface area contributed by atoms with E-state index in [1.54, 1.807) is 0 Å². The first-order chi connectivity index (χ1) is 2.83. The molecule has 0 N–H and O–H groups in total. The van der Waals surface area contributed by atoms with E-state index < -0.39 is 31.4 Å². The Labute approximate surface area is 74.6 Å². The number of hydrogen-bond acceptors (Lipinski definition) is 4. The molecule has 4 nitrogen and oxygen atoms in total. The van der Waals surface area contributed by atoms with Crippen LogP contribution in [0.25, 0.3) is 0 Å². The molecule has 0 aliphatic rings. The molecule has 0 amide bonds. The fourth-order valence-corrected chi connectivity index (χ4v) is 0. The summed E-state index contributed by atoms with van der Waals surface area (Å²) in [4.78, 5) is 0. The van der Waals surface area contributed by atoms with Gasteiger partial charge in [0.2, 0.25) is 0 Å². The molecule has 0 aromatic rings. The normalized spacial score (nSPS) is 3.00. The Morgan fingerprint density at radius 3 is 1.00 bits per heavy atom. The molecule has 0 aliphatic carbocycles. The van der Waals surface area contributed by atoms with Gasteiger partial charge in [-0.1, -0.05) is 0 Å². The van der Waals surface area contributed by atoms with Crippen molar-refractivity contribution in [2.24, 2.45) is 0 Å². The van der Waals surface area contributed by atoms with Crippen molar-refractivity contribution in [3.63, 3.8) is 0 Å². The molecule has 44 valence electrons. The van der Waals surface area contributed by atoms with Gasteiger partial charge < -0.3 is 0 Å². The molecule has 0 aromatic heterocycles. The van der Waals surface area contributed by atoms with Crippen LogP contribution in [-0.2, 0) is 7.56 Å². The predicted octanol–water partition coefficient (Wildman–Crippen LogP) is -4.14. The van der Waals surface area contributed by atoms with E-state index in [0.717, 1.165) is 0 Å². The molecule has 0 bridgehead atoms. The first-order valence-electron chi connectivity index (χ1n) is 0.943. The van der Waals surface area contributed by atoms with E-state index in [9.17, 15) is 0 Å². The second-order valence-corrected chi connectivity index (χ2v) is 1.00. The molecule has 0 unspecified atom stereocenters. The summed E-state index contributed by atoms with van der Waals surface area (Å²) in [6.45, 7) is 0. The van der Waals surface area contributed by atoms with Gasteiger partial charge in [0.15, 0.2) is 0 Å². The van der Waals surface area contributed by atoms with Crippen molar-refractivity contribution in [3.8, 4) is 0 Å². The summed E-state index contributed by atoms with van der Waals surface area (Å²) in [6.07, 6.45) is 0. The minimum absolute atomic E-state index is 0. The maximum atomic E-state index is 8.53. The summed E-state index contributed by atoms with van der Waals surface area (Å²) in [7, 11) is 0. The van der Waals surface area contributed by atoms with E-state index in [-0.39, 0.29) is 27.8 Å².